The van der Waals surface area contributed by atoms with Crippen molar-refractivity contribution < 1.29 is 14.4 Å². The molecule has 0 aromatic rings. The zero-order chi connectivity index (χ0) is 6.99. The van der Waals surface area contributed by atoms with Crippen LogP contribution in [0.25, 0.3) is 0 Å². The molecule has 0 aromatic heterocycles. The zero-order valence-electron chi connectivity index (χ0n) is 4.54. The molecular formula is C3H9BrO3P+. The summed E-state index contributed by atoms with van der Waals surface area (Å²) >= 11 is 3.25. The summed E-state index contributed by atoms with van der Waals surface area (Å²) < 4.78 is 8.70. The van der Waals surface area contributed by atoms with Gasteiger partial charge in [0, 0.05) is 9.90 Å². The van der Waals surface area contributed by atoms with Gasteiger partial charge in [-0.15, -0.1) is 9.79 Å². The van der Waals surface area contributed by atoms with E-state index in [9.17, 15) is 0 Å². The van der Waals surface area contributed by atoms with E-state index in [1.807, 2.05) is 0 Å². The predicted octanol–water partition coefficient (Wildman–Crippen LogP) is 1.42. The predicted molar refractivity (Wildman–Crippen MR) is 36.1 cm³/mol. The molecule has 0 saturated heterocycles. The van der Waals surface area contributed by atoms with Gasteiger partial charge in [0.05, 0.1) is 0 Å². The fourth-order valence-electron chi connectivity index (χ4n) is 0. The van der Waals surface area contributed by atoms with Gasteiger partial charge in [0.2, 0.25) is 0 Å². The summed E-state index contributed by atoms with van der Waals surface area (Å²) in [6, 6.07) is 0. The lowest BCUT2D eigenvalue weighted by Crippen LogP contribution is -1.54. The third kappa shape index (κ3) is 87.4. The lowest BCUT2D eigenvalue weighted by Gasteiger charge is -1.66. The SMILES string of the molecule is CCCBr.O=[P+](O)O. The minimum absolute atomic E-state index is 1.13. The molecule has 0 aromatic carbocycles. The summed E-state index contributed by atoms with van der Waals surface area (Å²) in [7, 11) is -2.87. The number of hydrogen-bond acceptors (Lipinski definition) is 1. The highest BCUT2D eigenvalue weighted by molar-refractivity contribution is 9.09. The van der Waals surface area contributed by atoms with Crippen molar-refractivity contribution in [1.29, 1.82) is 0 Å². The molecule has 0 rings (SSSR count). The van der Waals surface area contributed by atoms with Crippen molar-refractivity contribution in [2.45, 2.75) is 13.3 Å². The summed E-state index contributed by atoms with van der Waals surface area (Å²) in [5, 5.41) is 1.13. The maximum Gasteiger partial charge on any atom is 0.692 e. The van der Waals surface area contributed by atoms with Crippen LogP contribution in [0.1, 0.15) is 13.3 Å². The first kappa shape index (κ1) is 11.3. The fourth-order valence-corrected chi connectivity index (χ4v) is 0. The molecule has 8 heavy (non-hydrogen) atoms. The topological polar surface area (TPSA) is 57.5 Å². The quantitative estimate of drug-likeness (QED) is 0.501. The van der Waals surface area contributed by atoms with Crippen LogP contribution in [0.2, 0.25) is 0 Å². The van der Waals surface area contributed by atoms with E-state index in [1.54, 1.807) is 0 Å². The van der Waals surface area contributed by atoms with Crippen LogP contribution >= 0.6 is 24.2 Å². The average Bonchev–Trinajstić information content (AvgIpc) is 1.65. The number of hydrogen-bond donors (Lipinski definition) is 2. The Labute approximate surface area is 57.8 Å². The van der Waals surface area contributed by atoms with Gasteiger partial charge >= 0.3 is 8.25 Å². The Bertz CT molecular complexity index is 52.5. The maximum atomic E-state index is 8.70. The molecule has 0 saturated carbocycles. The average molecular weight is 204 g/mol. The highest BCUT2D eigenvalue weighted by atomic mass is 79.9. The van der Waals surface area contributed by atoms with E-state index >= 15 is 0 Å². The molecule has 0 radical (unpaired) electrons. The van der Waals surface area contributed by atoms with Gasteiger partial charge in [0.1, 0.15) is 0 Å². The Morgan fingerprint density at radius 1 is 1.62 bits per heavy atom. The van der Waals surface area contributed by atoms with Crippen molar-refractivity contribution >= 4 is 24.2 Å². The molecule has 0 bridgehead atoms. The molecule has 3 nitrogen and oxygen atoms in total. The highest BCUT2D eigenvalue weighted by Gasteiger charge is 1.93. The van der Waals surface area contributed by atoms with E-state index < -0.39 is 8.25 Å². The van der Waals surface area contributed by atoms with Crippen LogP contribution < -0.4 is 0 Å². The first-order valence-electron chi connectivity index (χ1n) is 2.06. The van der Waals surface area contributed by atoms with E-state index in [1.165, 1.54) is 6.42 Å². The van der Waals surface area contributed by atoms with Gasteiger partial charge in [-0.1, -0.05) is 22.9 Å². The summed E-state index contributed by atoms with van der Waals surface area (Å²) in [6.07, 6.45) is 1.24. The summed E-state index contributed by atoms with van der Waals surface area (Å²) in [4.78, 5) is 14.2. The summed E-state index contributed by atoms with van der Waals surface area (Å²) in [5.74, 6) is 0. The van der Waals surface area contributed by atoms with Gasteiger partial charge in [0.25, 0.3) is 0 Å². The van der Waals surface area contributed by atoms with Crippen LogP contribution in [0.3, 0.4) is 0 Å². The second-order valence-electron chi connectivity index (χ2n) is 0.942. The molecule has 0 aliphatic rings. The van der Waals surface area contributed by atoms with Gasteiger partial charge in [-0.25, -0.2) is 0 Å². The molecular weight excluding hydrogens is 195 g/mol. The third-order valence-electron chi connectivity index (χ3n) is 0.189. The first-order chi connectivity index (χ1) is 3.65. The van der Waals surface area contributed by atoms with E-state index in [0.717, 1.165) is 5.33 Å². The van der Waals surface area contributed by atoms with Crippen molar-refractivity contribution in [2.24, 2.45) is 0 Å². The standard InChI is InChI=1S/C3H7Br.HO3P/c1-2-3-4;1-4(2)3/h2-3H2,1H3;(H-,1,2,3)/p+1. The second-order valence-corrected chi connectivity index (χ2v) is 2.24. The van der Waals surface area contributed by atoms with E-state index in [2.05, 4.69) is 22.9 Å². The Kier molecular flexibility index (Phi) is 14.8. The van der Waals surface area contributed by atoms with Crippen LogP contribution in [0, 0.1) is 0 Å². The third-order valence-corrected chi connectivity index (χ3v) is 0.982. The summed E-state index contributed by atoms with van der Waals surface area (Å²) in [5.41, 5.74) is 0. The van der Waals surface area contributed by atoms with Crippen LogP contribution in [0.5, 0.6) is 0 Å². The van der Waals surface area contributed by atoms with E-state index in [4.69, 9.17) is 14.4 Å². The van der Waals surface area contributed by atoms with Crippen molar-refractivity contribution in [3.05, 3.63) is 0 Å². The number of halogens is 1. The van der Waals surface area contributed by atoms with Crippen molar-refractivity contribution in [2.75, 3.05) is 5.33 Å². The van der Waals surface area contributed by atoms with Crippen molar-refractivity contribution in [1.82, 2.24) is 0 Å². The van der Waals surface area contributed by atoms with Crippen LogP contribution in [-0.4, -0.2) is 15.1 Å². The maximum absolute atomic E-state index is 8.70. The molecule has 0 aliphatic carbocycles. The highest BCUT2D eigenvalue weighted by Crippen LogP contribution is 1.98. The van der Waals surface area contributed by atoms with Gasteiger partial charge in [-0.3, -0.25) is 0 Å². The molecule has 0 amide bonds. The lowest BCUT2D eigenvalue weighted by molar-refractivity contribution is 0.405. The van der Waals surface area contributed by atoms with Crippen molar-refractivity contribution in [3.63, 3.8) is 0 Å². The minimum Gasteiger partial charge on any atom is -0.134 e. The van der Waals surface area contributed by atoms with Crippen LogP contribution in [-0.2, 0) is 4.57 Å². The molecule has 0 atom stereocenters. The largest absolute Gasteiger partial charge is 0.692 e. The van der Waals surface area contributed by atoms with E-state index in [0.29, 0.717) is 0 Å². The van der Waals surface area contributed by atoms with Crippen LogP contribution in [0.4, 0.5) is 0 Å². The van der Waals surface area contributed by atoms with Crippen LogP contribution in [0.15, 0.2) is 0 Å². The first-order valence-corrected chi connectivity index (χ1v) is 4.34. The molecule has 0 spiro atoms. The molecule has 0 unspecified atom stereocenters. The monoisotopic (exact) mass is 203 g/mol. The Hall–Kier alpha value is 0.500. The normalized spacial score (nSPS) is 7.00. The summed E-state index contributed by atoms with van der Waals surface area (Å²) in [6.45, 7) is 2.13. The molecule has 50 valence electrons. The second kappa shape index (κ2) is 10.5. The molecule has 0 fully saturated rings. The molecule has 0 aliphatic heterocycles. The van der Waals surface area contributed by atoms with Gasteiger partial charge in [-0.2, -0.15) is 0 Å². The van der Waals surface area contributed by atoms with E-state index in [-0.39, 0.29) is 0 Å². The minimum atomic E-state index is -2.87. The smallest absolute Gasteiger partial charge is 0.134 e. The molecule has 2 N–H and O–H groups in total. The van der Waals surface area contributed by atoms with Gasteiger partial charge < -0.3 is 0 Å². The Balaban J connectivity index is 0. The fraction of sp³-hybridized carbons (Fsp3) is 1.00. The number of rotatable bonds is 1. The van der Waals surface area contributed by atoms with Gasteiger partial charge in [0.15, 0.2) is 0 Å². The Morgan fingerprint density at radius 2 is 1.75 bits per heavy atom. The van der Waals surface area contributed by atoms with Gasteiger partial charge in [-0.05, 0) is 6.42 Å². The number of alkyl halides is 1. The zero-order valence-corrected chi connectivity index (χ0v) is 7.02. The van der Waals surface area contributed by atoms with Crippen molar-refractivity contribution in [3.8, 4) is 0 Å². The lowest BCUT2D eigenvalue weighted by atomic mass is 10.6. The molecule has 5 heteroatoms. The Morgan fingerprint density at radius 3 is 1.75 bits per heavy atom. The molecule has 0 heterocycles.